The minimum atomic E-state index is -1.42. The van der Waals surface area contributed by atoms with Gasteiger partial charge >= 0.3 is 5.97 Å². The first kappa shape index (κ1) is 17.0. The zero-order chi connectivity index (χ0) is 19.2. The van der Waals surface area contributed by atoms with Gasteiger partial charge < -0.3 is 14.6 Å². The van der Waals surface area contributed by atoms with Crippen molar-refractivity contribution in [1.29, 1.82) is 0 Å². The quantitative estimate of drug-likeness (QED) is 0.654. The fourth-order valence-corrected chi connectivity index (χ4v) is 3.20. The lowest BCUT2D eigenvalue weighted by atomic mass is 9.88. The Kier molecular flexibility index (Phi) is 3.79. The summed E-state index contributed by atoms with van der Waals surface area (Å²) in [4.78, 5) is 22.2. The molecule has 2 atom stereocenters. The van der Waals surface area contributed by atoms with Crippen LogP contribution in [0.2, 0.25) is 0 Å². The van der Waals surface area contributed by atoms with Crippen LogP contribution in [0.3, 0.4) is 0 Å². The third-order valence-electron chi connectivity index (χ3n) is 4.74. The van der Waals surface area contributed by atoms with Crippen LogP contribution in [0.25, 0.3) is 0 Å². The van der Waals surface area contributed by atoms with Crippen molar-refractivity contribution in [3.63, 3.8) is 0 Å². The van der Waals surface area contributed by atoms with Crippen molar-refractivity contribution in [3.05, 3.63) is 63.2 Å². The van der Waals surface area contributed by atoms with Crippen LogP contribution < -0.4 is 9.47 Å². The molecule has 4 rings (SSSR count). The van der Waals surface area contributed by atoms with Gasteiger partial charge in [0.05, 0.1) is 4.92 Å². The first-order valence-corrected chi connectivity index (χ1v) is 8.19. The molecule has 27 heavy (non-hydrogen) atoms. The van der Waals surface area contributed by atoms with Crippen LogP contribution in [-0.4, -0.2) is 28.3 Å². The van der Waals surface area contributed by atoms with E-state index in [4.69, 9.17) is 9.47 Å². The second-order valence-corrected chi connectivity index (χ2v) is 6.63. The highest BCUT2D eigenvalue weighted by molar-refractivity contribution is 5.79. The summed E-state index contributed by atoms with van der Waals surface area (Å²) in [6, 6.07) is 8.90. The second kappa shape index (κ2) is 6.04. The summed E-state index contributed by atoms with van der Waals surface area (Å²) < 4.78 is 10.9. The Balaban J connectivity index is 1.86. The van der Waals surface area contributed by atoms with Crippen LogP contribution in [-0.2, 0) is 11.2 Å². The van der Waals surface area contributed by atoms with E-state index in [1.165, 1.54) is 19.1 Å². The van der Waals surface area contributed by atoms with Gasteiger partial charge in [0, 0.05) is 18.6 Å². The summed E-state index contributed by atoms with van der Waals surface area (Å²) >= 11 is 0. The summed E-state index contributed by atoms with van der Waals surface area (Å²) in [6.45, 7) is 1.60. The van der Waals surface area contributed by atoms with Gasteiger partial charge in [-0.05, 0) is 47.9 Å². The molecule has 0 aliphatic carbocycles. The Hall–Kier alpha value is -3.49. The molecule has 2 heterocycles. The molecule has 1 N–H and O–H groups in total. The van der Waals surface area contributed by atoms with E-state index in [-0.39, 0.29) is 18.9 Å². The van der Waals surface area contributed by atoms with Crippen molar-refractivity contribution in [2.75, 3.05) is 6.79 Å². The number of nitro groups is 1. The maximum absolute atomic E-state index is 11.8. The first-order chi connectivity index (χ1) is 12.9. The minimum Gasteiger partial charge on any atom is -0.479 e. The molecule has 0 bridgehead atoms. The zero-order valence-corrected chi connectivity index (χ0v) is 14.3. The van der Waals surface area contributed by atoms with Crippen LogP contribution in [0.1, 0.15) is 29.7 Å². The number of non-ortho nitro benzene ring substituents is 1. The molecule has 2 aromatic carbocycles. The van der Waals surface area contributed by atoms with Crippen molar-refractivity contribution < 1.29 is 24.3 Å². The highest BCUT2D eigenvalue weighted by atomic mass is 16.7. The number of fused-ring (bicyclic) bond motifs is 2. The molecule has 0 fully saturated rings. The smallest absolute Gasteiger partial charge is 0.333 e. The average Bonchev–Trinajstić information content (AvgIpc) is 3.03. The number of carbonyl (C=O) groups is 1. The summed E-state index contributed by atoms with van der Waals surface area (Å²) in [5, 5.41) is 28.9. The molecule has 2 aromatic rings. The number of carboxylic acids is 1. The number of nitro benzene ring substituents is 1. The lowest BCUT2D eigenvalue weighted by Gasteiger charge is -2.18. The lowest BCUT2D eigenvalue weighted by molar-refractivity contribution is -0.384. The minimum absolute atomic E-state index is 0.0365. The van der Waals surface area contributed by atoms with Gasteiger partial charge in [0.1, 0.15) is 6.04 Å². The van der Waals surface area contributed by atoms with Crippen molar-refractivity contribution in [3.8, 4) is 11.5 Å². The molecule has 0 aromatic heterocycles. The van der Waals surface area contributed by atoms with Gasteiger partial charge in [0.2, 0.25) is 6.79 Å². The molecule has 9 nitrogen and oxygen atoms in total. The molecule has 0 amide bonds. The Morgan fingerprint density at radius 2 is 1.93 bits per heavy atom. The van der Waals surface area contributed by atoms with Crippen LogP contribution in [0.5, 0.6) is 11.5 Å². The molecule has 2 aliphatic rings. The van der Waals surface area contributed by atoms with E-state index >= 15 is 0 Å². The first-order valence-electron chi connectivity index (χ1n) is 8.19. The number of ether oxygens (including phenoxy) is 2. The maximum atomic E-state index is 11.8. The van der Waals surface area contributed by atoms with Gasteiger partial charge in [0.25, 0.3) is 5.69 Å². The van der Waals surface area contributed by atoms with E-state index in [0.29, 0.717) is 17.1 Å². The average molecular weight is 369 g/mol. The van der Waals surface area contributed by atoms with E-state index in [1.54, 1.807) is 24.3 Å². The standard InChI is InChI=1S/C18H15N3O6/c1-18(17(22)23)8-11-6-14-15(27-9-26-14)7-13(11)16(19-20-18)10-2-4-12(5-3-10)21(24)25/h2-7,16H,8-9H2,1H3,(H,22,23). The van der Waals surface area contributed by atoms with Gasteiger partial charge in [-0.15, -0.1) is 0 Å². The maximum Gasteiger partial charge on any atom is 0.333 e. The van der Waals surface area contributed by atoms with E-state index in [2.05, 4.69) is 10.2 Å². The Morgan fingerprint density at radius 3 is 2.56 bits per heavy atom. The monoisotopic (exact) mass is 369 g/mol. The number of rotatable bonds is 3. The number of benzene rings is 2. The highest BCUT2D eigenvalue weighted by Crippen LogP contribution is 2.43. The molecule has 0 saturated heterocycles. The highest BCUT2D eigenvalue weighted by Gasteiger charge is 2.38. The summed E-state index contributed by atoms with van der Waals surface area (Å²) in [6.07, 6.45) is 0.140. The molecule has 0 saturated carbocycles. The summed E-state index contributed by atoms with van der Waals surface area (Å²) in [7, 11) is 0. The predicted octanol–water partition coefficient (Wildman–Crippen LogP) is 3.26. The van der Waals surface area contributed by atoms with Gasteiger partial charge in [0.15, 0.2) is 17.0 Å². The van der Waals surface area contributed by atoms with Crippen molar-refractivity contribution in [1.82, 2.24) is 0 Å². The predicted molar refractivity (Wildman–Crippen MR) is 92.1 cm³/mol. The topological polar surface area (TPSA) is 124 Å². The van der Waals surface area contributed by atoms with Crippen LogP contribution in [0.15, 0.2) is 46.6 Å². The van der Waals surface area contributed by atoms with E-state index in [9.17, 15) is 20.0 Å². The number of aliphatic carboxylic acids is 1. The fraction of sp³-hybridized carbons (Fsp3) is 0.278. The molecule has 2 aliphatic heterocycles. The van der Waals surface area contributed by atoms with E-state index in [0.717, 1.165) is 11.1 Å². The lowest BCUT2D eigenvalue weighted by Crippen LogP contribution is -2.34. The Labute approximate surface area is 153 Å². The number of nitrogens with zero attached hydrogens (tertiary/aromatic N) is 3. The fourth-order valence-electron chi connectivity index (χ4n) is 3.20. The van der Waals surface area contributed by atoms with E-state index < -0.39 is 22.5 Å². The molecular formula is C18H15N3O6. The molecule has 138 valence electrons. The van der Waals surface area contributed by atoms with Crippen LogP contribution >= 0.6 is 0 Å². The third kappa shape index (κ3) is 2.86. The second-order valence-electron chi connectivity index (χ2n) is 6.63. The largest absolute Gasteiger partial charge is 0.479 e. The molecular weight excluding hydrogens is 354 g/mol. The number of azo groups is 1. The third-order valence-corrected chi connectivity index (χ3v) is 4.74. The molecule has 0 spiro atoms. The summed E-state index contributed by atoms with van der Waals surface area (Å²) in [5.41, 5.74) is 0.682. The van der Waals surface area contributed by atoms with Gasteiger partial charge in [-0.25, -0.2) is 4.79 Å². The zero-order valence-electron chi connectivity index (χ0n) is 14.3. The number of hydrogen-bond acceptors (Lipinski definition) is 7. The van der Waals surface area contributed by atoms with Crippen molar-refractivity contribution >= 4 is 11.7 Å². The Morgan fingerprint density at radius 1 is 1.26 bits per heavy atom. The van der Waals surface area contributed by atoms with Crippen LogP contribution in [0.4, 0.5) is 5.69 Å². The molecule has 9 heteroatoms. The molecule has 2 unspecified atom stereocenters. The van der Waals surface area contributed by atoms with Crippen molar-refractivity contribution in [2.45, 2.75) is 24.9 Å². The van der Waals surface area contributed by atoms with Crippen LogP contribution in [0, 0.1) is 10.1 Å². The summed E-state index contributed by atoms with van der Waals surface area (Å²) in [5.74, 6) is 0.0137. The Bertz CT molecular complexity index is 972. The normalized spacial score (nSPS) is 22.8. The molecule has 0 radical (unpaired) electrons. The SMILES string of the molecule is CC1(C(=O)O)Cc2cc3c(cc2C(c2ccc([N+](=O)[O-])cc2)N=N1)OCO3. The van der Waals surface area contributed by atoms with Crippen molar-refractivity contribution in [2.24, 2.45) is 10.2 Å². The van der Waals surface area contributed by atoms with Gasteiger partial charge in [-0.3, -0.25) is 10.1 Å². The number of hydrogen-bond donors (Lipinski definition) is 1. The van der Waals surface area contributed by atoms with E-state index in [1.807, 2.05) is 0 Å². The van der Waals surface area contributed by atoms with Gasteiger partial charge in [-0.1, -0.05) is 0 Å². The van der Waals surface area contributed by atoms with Gasteiger partial charge in [-0.2, -0.15) is 10.2 Å². The number of carboxylic acid groups (broad SMARTS) is 1.